The molecule has 0 spiro atoms. The predicted molar refractivity (Wildman–Crippen MR) is 127 cm³/mol. The van der Waals surface area contributed by atoms with Gasteiger partial charge >= 0.3 is 12.1 Å². The van der Waals surface area contributed by atoms with Gasteiger partial charge in [0.25, 0.3) is 0 Å². The maximum absolute atomic E-state index is 13.4. The third-order valence-electron chi connectivity index (χ3n) is 5.73. The highest BCUT2D eigenvalue weighted by molar-refractivity contribution is 7.19. The van der Waals surface area contributed by atoms with Crippen molar-refractivity contribution >= 4 is 50.7 Å². The van der Waals surface area contributed by atoms with E-state index in [0.29, 0.717) is 10.2 Å². The fourth-order valence-electron chi connectivity index (χ4n) is 4.39. The Morgan fingerprint density at radius 3 is 2.51 bits per heavy atom. The van der Waals surface area contributed by atoms with Crippen molar-refractivity contribution in [1.29, 1.82) is 0 Å². The standard InChI is InChI=1S/C24H24F3N3O4S/c1-3-34-23(33)21-20(28-13(2)31)19-14-8-4-7-11-17(14)35-22(19)30(21)12-18(32)29-16-10-6-5-9-15(16)24(25,26)27/h5-6,9-10H,3-4,7-8,11-12H2,1-2H3,(H,28,31)(H,29,32). The first kappa shape index (κ1) is 24.8. The van der Waals surface area contributed by atoms with Crippen molar-refractivity contribution in [2.45, 2.75) is 52.3 Å². The first-order valence-electron chi connectivity index (χ1n) is 11.2. The van der Waals surface area contributed by atoms with Gasteiger partial charge in [-0.3, -0.25) is 9.59 Å². The number of hydrogen-bond donors (Lipinski definition) is 2. The van der Waals surface area contributed by atoms with Crippen LogP contribution in [0.25, 0.3) is 10.2 Å². The highest BCUT2D eigenvalue weighted by atomic mass is 32.1. The molecule has 0 aliphatic heterocycles. The van der Waals surface area contributed by atoms with Crippen LogP contribution in [0.1, 0.15) is 53.2 Å². The summed E-state index contributed by atoms with van der Waals surface area (Å²) in [5, 5.41) is 5.74. The number of esters is 1. The van der Waals surface area contributed by atoms with E-state index < -0.39 is 36.1 Å². The number of carbonyl (C=O) groups is 3. The average Bonchev–Trinajstić information content (AvgIpc) is 3.29. The third-order valence-corrected chi connectivity index (χ3v) is 7.05. The normalized spacial score (nSPS) is 13.4. The number of halogens is 3. The zero-order chi connectivity index (χ0) is 25.3. The van der Waals surface area contributed by atoms with Gasteiger partial charge in [-0.15, -0.1) is 11.3 Å². The average molecular weight is 508 g/mol. The summed E-state index contributed by atoms with van der Waals surface area (Å²) in [5.41, 5.74) is -0.0577. The molecule has 1 aliphatic carbocycles. The molecule has 0 bridgehead atoms. The lowest BCUT2D eigenvalue weighted by molar-refractivity contribution is -0.137. The van der Waals surface area contributed by atoms with Gasteiger partial charge in [0, 0.05) is 17.2 Å². The molecular weight excluding hydrogens is 483 g/mol. The Hall–Kier alpha value is -3.34. The molecule has 2 aromatic heterocycles. The van der Waals surface area contributed by atoms with Gasteiger partial charge in [0.05, 0.1) is 23.5 Å². The molecule has 2 heterocycles. The van der Waals surface area contributed by atoms with Crippen molar-refractivity contribution < 1.29 is 32.3 Å². The van der Waals surface area contributed by atoms with Gasteiger partial charge < -0.3 is 19.9 Å². The van der Waals surface area contributed by atoms with Gasteiger partial charge in [-0.2, -0.15) is 13.2 Å². The number of para-hydroxylation sites is 1. The van der Waals surface area contributed by atoms with E-state index >= 15 is 0 Å². The third kappa shape index (κ3) is 4.90. The fraction of sp³-hybridized carbons (Fsp3) is 0.375. The second-order valence-corrected chi connectivity index (χ2v) is 9.28. The Morgan fingerprint density at radius 1 is 1.11 bits per heavy atom. The maximum atomic E-state index is 13.4. The second-order valence-electron chi connectivity index (χ2n) is 8.19. The number of ether oxygens (including phenoxy) is 1. The van der Waals surface area contributed by atoms with Crippen molar-refractivity contribution in [3.8, 4) is 0 Å². The van der Waals surface area contributed by atoms with Crippen LogP contribution >= 0.6 is 11.3 Å². The molecule has 186 valence electrons. The van der Waals surface area contributed by atoms with Crippen LogP contribution < -0.4 is 10.6 Å². The van der Waals surface area contributed by atoms with Crippen LogP contribution in [0.3, 0.4) is 0 Å². The molecule has 1 aliphatic rings. The first-order valence-corrected chi connectivity index (χ1v) is 12.0. The number of aromatic nitrogens is 1. The van der Waals surface area contributed by atoms with Crippen LogP contribution in [0.5, 0.6) is 0 Å². The van der Waals surface area contributed by atoms with Crippen molar-refractivity contribution in [1.82, 2.24) is 4.57 Å². The Bertz CT molecular complexity index is 1310. The van der Waals surface area contributed by atoms with Crippen molar-refractivity contribution in [2.24, 2.45) is 0 Å². The van der Waals surface area contributed by atoms with Crippen molar-refractivity contribution in [2.75, 3.05) is 17.2 Å². The molecule has 0 fully saturated rings. The second kappa shape index (κ2) is 9.73. The number of carbonyl (C=O) groups excluding carboxylic acids is 3. The van der Waals surface area contributed by atoms with E-state index in [9.17, 15) is 27.6 Å². The first-order chi connectivity index (χ1) is 16.6. The highest BCUT2D eigenvalue weighted by Gasteiger charge is 2.34. The summed E-state index contributed by atoms with van der Waals surface area (Å²) in [5.74, 6) is -1.87. The van der Waals surface area contributed by atoms with Gasteiger partial charge in [-0.25, -0.2) is 4.79 Å². The SMILES string of the molecule is CCOC(=O)c1c(NC(C)=O)c2c3c(sc2n1CC(=O)Nc1ccccc1C(F)(F)F)CCCC3. The number of nitrogens with one attached hydrogen (secondary N) is 2. The Morgan fingerprint density at radius 2 is 1.83 bits per heavy atom. The fourth-order valence-corrected chi connectivity index (χ4v) is 5.79. The summed E-state index contributed by atoms with van der Waals surface area (Å²) in [6.45, 7) is 2.59. The van der Waals surface area contributed by atoms with Gasteiger partial charge in [0.1, 0.15) is 11.4 Å². The van der Waals surface area contributed by atoms with E-state index in [1.165, 1.54) is 41.0 Å². The van der Waals surface area contributed by atoms with E-state index in [1.807, 2.05) is 0 Å². The lowest BCUT2D eigenvalue weighted by Gasteiger charge is -2.15. The number of thiophene rings is 1. The molecule has 2 N–H and O–H groups in total. The minimum absolute atomic E-state index is 0.00377. The smallest absolute Gasteiger partial charge is 0.418 e. The number of aryl methyl sites for hydroxylation is 2. The Kier molecular flexibility index (Phi) is 6.88. The molecule has 1 aromatic carbocycles. The zero-order valence-electron chi connectivity index (χ0n) is 19.2. The monoisotopic (exact) mass is 507 g/mol. The summed E-state index contributed by atoms with van der Waals surface area (Å²) in [6.07, 6.45) is -1.09. The quantitative estimate of drug-likeness (QED) is 0.439. The number of nitrogens with zero attached hydrogens (tertiary/aromatic N) is 1. The highest BCUT2D eigenvalue weighted by Crippen LogP contribution is 2.44. The maximum Gasteiger partial charge on any atom is 0.418 e. The molecular formula is C24H24F3N3O4S. The lowest BCUT2D eigenvalue weighted by Crippen LogP contribution is -2.24. The molecule has 2 amide bonds. The van der Waals surface area contributed by atoms with Gasteiger partial charge in [-0.05, 0) is 50.3 Å². The van der Waals surface area contributed by atoms with Crippen molar-refractivity contribution in [3.63, 3.8) is 0 Å². The molecule has 0 atom stereocenters. The number of hydrogen-bond acceptors (Lipinski definition) is 5. The molecule has 4 rings (SSSR count). The molecule has 3 aromatic rings. The van der Waals surface area contributed by atoms with E-state index in [0.717, 1.165) is 42.2 Å². The number of benzene rings is 1. The van der Waals surface area contributed by atoms with E-state index in [-0.39, 0.29) is 23.7 Å². The summed E-state index contributed by atoms with van der Waals surface area (Å²) in [4.78, 5) is 39.7. The van der Waals surface area contributed by atoms with Gasteiger partial charge in [0.2, 0.25) is 11.8 Å². The van der Waals surface area contributed by atoms with Gasteiger partial charge in [0.15, 0.2) is 5.69 Å². The van der Waals surface area contributed by atoms with E-state index in [4.69, 9.17) is 4.74 Å². The predicted octanol–water partition coefficient (Wildman–Crippen LogP) is 5.37. The van der Waals surface area contributed by atoms with Gasteiger partial charge in [-0.1, -0.05) is 12.1 Å². The minimum Gasteiger partial charge on any atom is -0.461 e. The molecule has 35 heavy (non-hydrogen) atoms. The van der Waals surface area contributed by atoms with Crippen LogP contribution in [-0.2, 0) is 39.9 Å². The molecule has 7 nitrogen and oxygen atoms in total. The van der Waals surface area contributed by atoms with Crippen LogP contribution in [0.2, 0.25) is 0 Å². The lowest BCUT2D eigenvalue weighted by atomic mass is 9.96. The number of amides is 2. The molecule has 11 heteroatoms. The molecule has 0 saturated carbocycles. The number of fused-ring (bicyclic) bond motifs is 3. The summed E-state index contributed by atoms with van der Waals surface area (Å²) < 4.78 is 46.8. The topological polar surface area (TPSA) is 89.4 Å². The Labute approximate surface area is 203 Å². The van der Waals surface area contributed by atoms with Crippen LogP contribution in [0.15, 0.2) is 24.3 Å². The molecule has 0 saturated heterocycles. The summed E-state index contributed by atoms with van der Waals surface area (Å²) in [7, 11) is 0. The Balaban J connectivity index is 1.81. The number of alkyl halides is 3. The van der Waals surface area contributed by atoms with Crippen LogP contribution in [-0.4, -0.2) is 29.0 Å². The summed E-state index contributed by atoms with van der Waals surface area (Å²) in [6, 6.07) is 4.69. The number of anilines is 2. The largest absolute Gasteiger partial charge is 0.461 e. The molecule has 0 unspecified atom stereocenters. The minimum atomic E-state index is -4.65. The number of rotatable bonds is 6. The molecule has 0 radical (unpaired) electrons. The van der Waals surface area contributed by atoms with E-state index in [1.54, 1.807) is 6.92 Å². The van der Waals surface area contributed by atoms with Crippen molar-refractivity contribution in [3.05, 3.63) is 46.0 Å². The van der Waals surface area contributed by atoms with Crippen LogP contribution in [0.4, 0.5) is 24.5 Å². The van der Waals surface area contributed by atoms with Crippen LogP contribution in [0, 0.1) is 0 Å². The zero-order valence-corrected chi connectivity index (χ0v) is 20.0. The summed E-state index contributed by atoms with van der Waals surface area (Å²) >= 11 is 1.42. The van der Waals surface area contributed by atoms with E-state index in [2.05, 4.69) is 10.6 Å².